The van der Waals surface area contributed by atoms with Crippen LogP contribution in [-0.4, -0.2) is 19.6 Å². The predicted molar refractivity (Wildman–Crippen MR) is 83.5 cm³/mol. The molecule has 0 unspecified atom stereocenters. The van der Waals surface area contributed by atoms with Gasteiger partial charge in [-0.2, -0.15) is 0 Å². The number of fused-ring (bicyclic) bond motifs is 1. The molecule has 0 spiro atoms. The third kappa shape index (κ3) is 2.77. The molecule has 1 heterocycles. The number of ether oxygens (including phenoxy) is 1. The van der Waals surface area contributed by atoms with Gasteiger partial charge in [0, 0.05) is 23.4 Å². The van der Waals surface area contributed by atoms with Gasteiger partial charge in [-0.05, 0) is 37.8 Å². The number of halogens is 1. The number of aromatic nitrogens is 1. The van der Waals surface area contributed by atoms with Crippen LogP contribution >= 0.6 is 10.7 Å². The molecule has 1 aliphatic rings. The highest BCUT2D eigenvalue weighted by molar-refractivity contribution is 8.14. The fraction of sp³-hybridized carbons (Fsp3) is 0.467. The second-order valence-corrected chi connectivity index (χ2v) is 8.00. The minimum Gasteiger partial charge on any atom is -0.493 e. The van der Waals surface area contributed by atoms with Gasteiger partial charge in [0.2, 0.25) is 0 Å². The van der Waals surface area contributed by atoms with Gasteiger partial charge < -0.3 is 9.30 Å². The van der Waals surface area contributed by atoms with E-state index in [4.69, 9.17) is 15.4 Å². The molecule has 2 aromatic rings. The molecule has 6 heteroatoms. The summed E-state index contributed by atoms with van der Waals surface area (Å²) < 4.78 is 31.3. The van der Waals surface area contributed by atoms with Crippen molar-refractivity contribution in [1.82, 2.24) is 4.57 Å². The van der Waals surface area contributed by atoms with Gasteiger partial charge in [-0.15, -0.1) is 0 Å². The summed E-state index contributed by atoms with van der Waals surface area (Å²) in [4.78, 5) is 0.141. The maximum atomic E-state index is 11.9. The monoisotopic (exact) mass is 327 g/mol. The van der Waals surface area contributed by atoms with Crippen molar-refractivity contribution in [1.29, 1.82) is 0 Å². The van der Waals surface area contributed by atoms with Crippen LogP contribution in [0.4, 0.5) is 0 Å². The van der Waals surface area contributed by atoms with Gasteiger partial charge in [0.05, 0.1) is 17.5 Å². The van der Waals surface area contributed by atoms with E-state index in [1.54, 1.807) is 12.3 Å². The smallest absolute Gasteiger partial charge is 0.263 e. The molecular weight excluding hydrogens is 310 g/mol. The lowest BCUT2D eigenvalue weighted by Gasteiger charge is -2.26. The van der Waals surface area contributed by atoms with Crippen LogP contribution in [0, 0.1) is 5.92 Å². The molecule has 0 atom stereocenters. The zero-order chi connectivity index (χ0) is 15.0. The molecule has 1 aliphatic carbocycles. The first-order valence-electron chi connectivity index (χ1n) is 7.20. The predicted octanol–water partition coefficient (Wildman–Crippen LogP) is 3.77. The summed E-state index contributed by atoms with van der Waals surface area (Å²) in [7, 11) is 1.81. The first kappa shape index (κ1) is 14.7. The van der Waals surface area contributed by atoms with Crippen molar-refractivity contribution in [3.63, 3.8) is 0 Å². The summed E-state index contributed by atoms with van der Waals surface area (Å²) in [6.45, 7) is 3.19. The van der Waals surface area contributed by atoms with Crippen LogP contribution in [0.15, 0.2) is 29.3 Å². The Balaban J connectivity index is 2.18. The van der Waals surface area contributed by atoms with Gasteiger partial charge in [-0.25, -0.2) is 8.42 Å². The van der Waals surface area contributed by atoms with Crippen LogP contribution in [0.1, 0.15) is 26.2 Å². The van der Waals surface area contributed by atoms with Crippen LogP contribution in [0.25, 0.3) is 10.9 Å². The lowest BCUT2D eigenvalue weighted by Crippen LogP contribution is -2.17. The Morgan fingerprint density at radius 3 is 2.71 bits per heavy atom. The summed E-state index contributed by atoms with van der Waals surface area (Å²) in [5.74, 6) is 1.20. The molecule has 3 rings (SSSR count). The van der Waals surface area contributed by atoms with Crippen LogP contribution < -0.4 is 4.74 Å². The van der Waals surface area contributed by atoms with Gasteiger partial charge in [-0.3, -0.25) is 0 Å². The minimum atomic E-state index is -3.80. The van der Waals surface area contributed by atoms with Crippen molar-refractivity contribution in [3.05, 3.63) is 24.4 Å². The van der Waals surface area contributed by atoms with Crippen molar-refractivity contribution in [2.45, 2.75) is 37.6 Å². The van der Waals surface area contributed by atoms with E-state index in [-0.39, 0.29) is 4.90 Å². The van der Waals surface area contributed by atoms with Gasteiger partial charge in [-0.1, -0.05) is 12.5 Å². The zero-order valence-electron chi connectivity index (χ0n) is 11.9. The number of hydrogen-bond acceptors (Lipinski definition) is 3. The first-order chi connectivity index (χ1) is 10.0. The van der Waals surface area contributed by atoms with E-state index < -0.39 is 9.05 Å². The molecule has 0 amide bonds. The molecule has 0 aliphatic heterocycles. The number of benzene rings is 1. The standard InChI is InChI=1S/C15H18ClNO3S/c1-2-20-13-8-4-7-12-15(13)14(21(16,18)19)10-17(12)9-11-5-3-6-11/h4,7-8,10-11H,2-3,5-6,9H2,1H3. The van der Waals surface area contributed by atoms with Crippen molar-refractivity contribution in [2.75, 3.05) is 6.61 Å². The Labute approximate surface area is 129 Å². The number of rotatable bonds is 5. The minimum absolute atomic E-state index is 0.141. The zero-order valence-corrected chi connectivity index (χ0v) is 13.5. The van der Waals surface area contributed by atoms with Crippen molar-refractivity contribution < 1.29 is 13.2 Å². The average Bonchev–Trinajstić information content (AvgIpc) is 2.74. The molecule has 0 radical (unpaired) electrons. The summed E-state index contributed by atoms with van der Waals surface area (Å²) in [6, 6.07) is 5.59. The Hall–Kier alpha value is -1.20. The molecule has 4 nitrogen and oxygen atoms in total. The molecule has 1 saturated carbocycles. The topological polar surface area (TPSA) is 48.3 Å². The van der Waals surface area contributed by atoms with E-state index in [2.05, 4.69) is 0 Å². The van der Waals surface area contributed by atoms with Crippen molar-refractivity contribution in [3.8, 4) is 5.75 Å². The highest BCUT2D eigenvalue weighted by atomic mass is 35.7. The largest absolute Gasteiger partial charge is 0.493 e. The molecule has 114 valence electrons. The lowest BCUT2D eigenvalue weighted by molar-refractivity contribution is 0.279. The van der Waals surface area contributed by atoms with Crippen molar-refractivity contribution >= 4 is 30.6 Å². The summed E-state index contributed by atoms with van der Waals surface area (Å²) in [6.07, 6.45) is 5.31. The fourth-order valence-electron chi connectivity index (χ4n) is 2.85. The molecule has 1 aromatic heterocycles. The number of nitrogens with zero attached hydrogens (tertiary/aromatic N) is 1. The van der Waals surface area contributed by atoms with E-state index >= 15 is 0 Å². The second kappa shape index (κ2) is 5.54. The highest BCUT2D eigenvalue weighted by Crippen LogP contribution is 2.37. The van der Waals surface area contributed by atoms with Crippen LogP contribution in [0.2, 0.25) is 0 Å². The third-order valence-electron chi connectivity index (χ3n) is 4.08. The summed E-state index contributed by atoms with van der Waals surface area (Å²) >= 11 is 0. The van der Waals surface area contributed by atoms with E-state index in [0.29, 0.717) is 23.7 Å². The normalized spacial score (nSPS) is 16.1. The molecule has 0 N–H and O–H groups in total. The SMILES string of the molecule is CCOc1cccc2c1c(S(=O)(=O)Cl)cn2CC1CCC1. The van der Waals surface area contributed by atoms with Crippen LogP contribution in [0.5, 0.6) is 5.75 Å². The maximum absolute atomic E-state index is 11.9. The Morgan fingerprint density at radius 2 is 2.14 bits per heavy atom. The first-order valence-corrected chi connectivity index (χ1v) is 9.51. The van der Waals surface area contributed by atoms with Crippen LogP contribution in [-0.2, 0) is 15.6 Å². The van der Waals surface area contributed by atoms with Gasteiger partial charge in [0.25, 0.3) is 9.05 Å². The fourth-order valence-corrected chi connectivity index (χ4v) is 3.90. The average molecular weight is 328 g/mol. The van der Waals surface area contributed by atoms with E-state index in [1.807, 2.05) is 23.6 Å². The molecular formula is C15H18ClNO3S. The lowest BCUT2D eigenvalue weighted by atomic mass is 9.85. The number of hydrogen-bond donors (Lipinski definition) is 0. The summed E-state index contributed by atoms with van der Waals surface area (Å²) in [5, 5.41) is 0.591. The highest BCUT2D eigenvalue weighted by Gasteiger charge is 2.24. The third-order valence-corrected chi connectivity index (χ3v) is 5.41. The molecule has 1 fully saturated rings. The summed E-state index contributed by atoms with van der Waals surface area (Å²) in [5.41, 5.74) is 0.868. The van der Waals surface area contributed by atoms with Crippen molar-refractivity contribution in [2.24, 2.45) is 5.92 Å². The van der Waals surface area contributed by atoms with Gasteiger partial charge in [0.1, 0.15) is 10.6 Å². The quantitative estimate of drug-likeness (QED) is 0.785. The Bertz CT molecular complexity index is 763. The van der Waals surface area contributed by atoms with E-state index in [0.717, 1.165) is 12.1 Å². The molecule has 0 saturated heterocycles. The second-order valence-electron chi connectivity index (χ2n) is 5.46. The molecule has 1 aromatic carbocycles. The molecule has 0 bridgehead atoms. The maximum Gasteiger partial charge on any atom is 0.263 e. The van der Waals surface area contributed by atoms with E-state index in [1.165, 1.54) is 19.3 Å². The Kier molecular flexibility index (Phi) is 3.88. The van der Waals surface area contributed by atoms with Crippen LogP contribution in [0.3, 0.4) is 0 Å². The Morgan fingerprint density at radius 1 is 1.38 bits per heavy atom. The molecule has 21 heavy (non-hydrogen) atoms. The van der Waals surface area contributed by atoms with Gasteiger partial charge in [0.15, 0.2) is 0 Å². The van der Waals surface area contributed by atoms with Gasteiger partial charge >= 0.3 is 0 Å². The van der Waals surface area contributed by atoms with E-state index in [9.17, 15) is 8.42 Å².